The summed E-state index contributed by atoms with van der Waals surface area (Å²) < 4.78 is 40.9. The summed E-state index contributed by atoms with van der Waals surface area (Å²) in [6.07, 6.45) is -4.52. The molecule has 0 spiro atoms. The minimum atomic E-state index is -4.52. The van der Waals surface area contributed by atoms with Crippen LogP contribution in [0.5, 0.6) is 0 Å². The normalized spacial score (nSPS) is 18.8. The van der Waals surface area contributed by atoms with E-state index >= 15 is 0 Å². The summed E-state index contributed by atoms with van der Waals surface area (Å²) in [6, 6.07) is 3.91. The maximum Gasteiger partial charge on any atom is 0.413 e. The van der Waals surface area contributed by atoms with Crippen LogP contribution in [0.4, 0.5) is 13.2 Å². The van der Waals surface area contributed by atoms with Gasteiger partial charge in [0.25, 0.3) is 0 Å². The van der Waals surface area contributed by atoms with Crippen LogP contribution in [0.15, 0.2) is 28.7 Å². The van der Waals surface area contributed by atoms with Crippen LogP contribution in [0.2, 0.25) is 0 Å². The minimum Gasteiger partial charge on any atom is -0.329 e. The number of amides is 1. The SMILES string of the molecule is CN(C(=O)C1(C)CNC1)C(c1ccc(Br)cc1)C(F)(F)F. The van der Waals surface area contributed by atoms with Gasteiger partial charge in [-0.15, -0.1) is 0 Å². The van der Waals surface area contributed by atoms with Crippen LogP contribution in [-0.2, 0) is 4.79 Å². The fourth-order valence-corrected chi connectivity index (χ4v) is 2.74. The van der Waals surface area contributed by atoms with E-state index < -0.39 is 23.5 Å². The van der Waals surface area contributed by atoms with E-state index in [4.69, 9.17) is 0 Å². The van der Waals surface area contributed by atoms with Crippen LogP contribution >= 0.6 is 15.9 Å². The summed E-state index contributed by atoms with van der Waals surface area (Å²) in [5.74, 6) is -0.494. The Kier molecular flexibility index (Phi) is 4.35. The van der Waals surface area contributed by atoms with E-state index in [1.807, 2.05) is 0 Å². The molecule has 1 amide bonds. The number of hydrogen-bond donors (Lipinski definition) is 1. The summed E-state index contributed by atoms with van der Waals surface area (Å²) in [7, 11) is 1.21. The van der Waals surface area contributed by atoms with Crippen molar-refractivity contribution in [1.82, 2.24) is 10.2 Å². The van der Waals surface area contributed by atoms with Gasteiger partial charge in [-0.25, -0.2) is 0 Å². The Morgan fingerprint density at radius 2 is 1.86 bits per heavy atom. The molecule has 21 heavy (non-hydrogen) atoms. The molecule has 1 heterocycles. The Morgan fingerprint density at radius 3 is 2.24 bits per heavy atom. The molecule has 1 aromatic rings. The summed E-state index contributed by atoms with van der Waals surface area (Å²) in [6.45, 7) is 2.49. The van der Waals surface area contributed by atoms with Gasteiger partial charge in [0.1, 0.15) is 0 Å². The van der Waals surface area contributed by atoms with Crippen molar-refractivity contribution in [3.05, 3.63) is 34.3 Å². The molecule has 7 heteroatoms. The molecule has 116 valence electrons. The molecule has 1 aromatic carbocycles. The predicted octanol–water partition coefficient (Wildman–Crippen LogP) is 3.12. The number of hydrogen-bond acceptors (Lipinski definition) is 2. The number of nitrogens with zero attached hydrogens (tertiary/aromatic N) is 1. The van der Waals surface area contributed by atoms with Crippen molar-refractivity contribution in [3.63, 3.8) is 0 Å². The Bertz CT molecular complexity index is 526. The number of carbonyl (C=O) groups is 1. The van der Waals surface area contributed by atoms with E-state index in [1.165, 1.54) is 19.2 Å². The molecule has 1 unspecified atom stereocenters. The van der Waals surface area contributed by atoms with Gasteiger partial charge in [0.05, 0.1) is 5.41 Å². The maximum atomic E-state index is 13.4. The zero-order valence-corrected chi connectivity index (χ0v) is 13.3. The van der Waals surface area contributed by atoms with Gasteiger partial charge in [-0.1, -0.05) is 28.1 Å². The highest BCUT2D eigenvalue weighted by Gasteiger charge is 2.50. The van der Waals surface area contributed by atoms with Crippen LogP contribution in [0.3, 0.4) is 0 Å². The van der Waals surface area contributed by atoms with Crippen LogP contribution in [0, 0.1) is 5.41 Å². The quantitative estimate of drug-likeness (QED) is 0.893. The molecule has 0 aliphatic carbocycles. The number of alkyl halides is 3. The number of carbonyl (C=O) groups excluding carboxylic acids is 1. The molecule has 1 saturated heterocycles. The highest BCUT2D eigenvalue weighted by atomic mass is 79.9. The Hall–Kier alpha value is -1.08. The molecule has 0 radical (unpaired) electrons. The molecule has 1 atom stereocenters. The highest BCUT2D eigenvalue weighted by molar-refractivity contribution is 9.10. The standard InChI is InChI=1S/C14H16BrF3N2O/c1-13(7-19-8-13)12(21)20(2)11(14(16,17)18)9-3-5-10(15)6-4-9/h3-6,11,19H,7-8H2,1-2H3. The van der Waals surface area contributed by atoms with Gasteiger partial charge in [0.2, 0.25) is 5.91 Å². The fourth-order valence-electron chi connectivity index (χ4n) is 2.47. The van der Waals surface area contributed by atoms with Crippen molar-refractivity contribution in [3.8, 4) is 0 Å². The number of benzene rings is 1. The van der Waals surface area contributed by atoms with Crippen LogP contribution in [0.1, 0.15) is 18.5 Å². The monoisotopic (exact) mass is 364 g/mol. The number of rotatable bonds is 3. The van der Waals surface area contributed by atoms with E-state index in [1.54, 1.807) is 19.1 Å². The molecule has 2 rings (SSSR count). The maximum absolute atomic E-state index is 13.4. The molecule has 1 fully saturated rings. The number of halogens is 4. The second-order valence-electron chi connectivity index (χ2n) is 5.58. The van der Waals surface area contributed by atoms with E-state index in [2.05, 4.69) is 21.2 Å². The lowest BCUT2D eigenvalue weighted by molar-refractivity contribution is -0.193. The lowest BCUT2D eigenvalue weighted by atomic mass is 9.82. The lowest BCUT2D eigenvalue weighted by Gasteiger charge is -2.42. The van der Waals surface area contributed by atoms with Gasteiger partial charge in [-0.2, -0.15) is 13.2 Å². The molecule has 0 bridgehead atoms. The van der Waals surface area contributed by atoms with Gasteiger partial charge in [0, 0.05) is 24.6 Å². The highest BCUT2D eigenvalue weighted by Crippen LogP contribution is 2.39. The van der Waals surface area contributed by atoms with Crippen LogP contribution in [-0.4, -0.2) is 37.1 Å². The first-order valence-electron chi connectivity index (χ1n) is 6.45. The van der Waals surface area contributed by atoms with Crippen molar-refractivity contribution in [2.75, 3.05) is 20.1 Å². The third-order valence-electron chi connectivity index (χ3n) is 3.75. The lowest BCUT2D eigenvalue weighted by Crippen LogP contribution is -2.61. The van der Waals surface area contributed by atoms with E-state index in [9.17, 15) is 18.0 Å². The first-order chi connectivity index (χ1) is 9.65. The second-order valence-corrected chi connectivity index (χ2v) is 6.49. The molecule has 1 aliphatic rings. The molecule has 1 N–H and O–H groups in total. The largest absolute Gasteiger partial charge is 0.413 e. The summed E-state index contributed by atoms with van der Waals surface area (Å²) in [4.78, 5) is 13.2. The Balaban J connectivity index is 2.32. The van der Waals surface area contributed by atoms with E-state index in [0.717, 1.165) is 4.90 Å². The number of nitrogens with one attached hydrogen (secondary N) is 1. The first-order valence-corrected chi connectivity index (χ1v) is 7.25. The molecule has 1 aliphatic heterocycles. The third kappa shape index (κ3) is 3.23. The van der Waals surface area contributed by atoms with Crippen molar-refractivity contribution in [1.29, 1.82) is 0 Å². The first kappa shape index (κ1) is 16.3. The topological polar surface area (TPSA) is 32.3 Å². The molecular weight excluding hydrogens is 349 g/mol. The van der Waals surface area contributed by atoms with Crippen LogP contribution < -0.4 is 5.32 Å². The average molecular weight is 365 g/mol. The predicted molar refractivity (Wildman–Crippen MR) is 76.7 cm³/mol. The fraction of sp³-hybridized carbons (Fsp3) is 0.500. The van der Waals surface area contributed by atoms with Crippen molar-refractivity contribution in [2.24, 2.45) is 5.41 Å². The minimum absolute atomic E-state index is 0.0532. The summed E-state index contributed by atoms with van der Waals surface area (Å²) in [5.41, 5.74) is -0.703. The van der Waals surface area contributed by atoms with Crippen molar-refractivity contribution >= 4 is 21.8 Å². The zero-order valence-electron chi connectivity index (χ0n) is 11.7. The molecule has 3 nitrogen and oxygen atoms in total. The molecule has 0 aromatic heterocycles. The Labute approximate surface area is 129 Å². The van der Waals surface area contributed by atoms with Gasteiger partial charge in [0.15, 0.2) is 6.04 Å². The molecular formula is C14H16BrF3N2O. The van der Waals surface area contributed by atoms with Crippen molar-refractivity contribution < 1.29 is 18.0 Å². The Morgan fingerprint density at radius 1 is 1.33 bits per heavy atom. The second kappa shape index (κ2) is 5.61. The van der Waals surface area contributed by atoms with Gasteiger partial charge >= 0.3 is 6.18 Å². The zero-order chi connectivity index (χ0) is 15.8. The third-order valence-corrected chi connectivity index (χ3v) is 4.28. The van der Waals surface area contributed by atoms with Gasteiger partial charge in [-0.05, 0) is 24.6 Å². The van der Waals surface area contributed by atoms with Gasteiger partial charge in [-0.3, -0.25) is 4.79 Å². The van der Waals surface area contributed by atoms with E-state index in [-0.39, 0.29) is 5.56 Å². The molecule has 0 saturated carbocycles. The average Bonchev–Trinajstić information content (AvgIpc) is 2.36. The summed E-state index contributed by atoms with van der Waals surface area (Å²) >= 11 is 3.19. The summed E-state index contributed by atoms with van der Waals surface area (Å²) in [5, 5.41) is 2.93. The smallest absolute Gasteiger partial charge is 0.329 e. The van der Waals surface area contributed by atoms with Crippen LogP contribution in [0.25, 0.3) is 0 Å². The van der Waals surface area contributed by atoms with E-state index in [0.29, 0.717) is 17.6 Å². The van der Waals surface area contributed by atoms with Crippen molar-refractivity contribution in [2.45, 2.75) is 19.1 Å². The van der Waals surface area contributed by atoms with Gasteiger partial charge < -0.3 is 10.2 Å².